The molecule has 2 heterocycles. The monoisotopic (exact) mass is 311 g/mol. The number of hydrogen-bond acceptors (Lipinski definition) is 4. The quantitative estimate of drug-likeness (QED) is 0.777. The van der Waals surface area contributed by atoms with E-state index in [0.29, 0.717) is 18.5 Å². The lowest BCUT2D eigenvalue weighted by Gasteiger charge is -2.38. The average Bonchev–Trinajstić information content (AvgIpc) is 2.98. The van der Waals surface area contributed by atoms with Crippen LogP contribution >= 0.6 is 11.3 Å². The molecular weight excluding hydrogens is 286 g/mol. The van der Waals surface area contributed by atoms with E-state index in [9.17, 15) is 4.79 Å². The topological polar surface area (TPSA) is 64.6 Å². The SMILES string of the molecule is CC(CO)NC(=O)NCC1CCCN(C)C1c1cccs1. The van der Waals surface area contributed by atoms with Crippen LogP contribution in [-0.2, 0) is 0 Å². The summed E-state index contributed by atoms with van der Waals surface area (Å²) < 4.78 is 0. The van der Waals surface area contributed by atoms with Crippen molar-refractivity contribution in [3.8, 4) is 0 Å². The Hall–Kier alpha value is -1.11. The summed E-state index contributed by atoms with van der Waals surface area (Å²) >= 11 is 1.78. The number of piperidine rings is 1. The summed E-state index contributed by atoms with van der Waals surface area (Å²) in [6, 6.07) is 4.23. The van der Waals surface area contributed by atoms with Crippen LogP contribution in [-0.4, -0.2) is 48.8 Å². The first-order chi connectivity index (χ1) is 10.1. The van der Waals surface area contributed by atoms with Gasteiger partial charge in [0.25, 0.3) is 0 Å². The number of nitrogens with zero attached hydrogens (tertiary/aromatic N) is 1. The predicted octanol–water partition coefficient (Wildman–Crippen LogP) is 1.81. The van der Waals surface area contributed by atoms with Gasteiger partial charge in [-0.2, -0.15) is 0 Å². The number of nitrogens with one attached hydrogen (secondary N) is 2. The van der Waals surface area contributed by atoms with Crippen molar-refractivity contribution >= 4 is 17.4 Å². The summed E-state index contributed by atoms with van der Waals surface area (Å²) in [6.07, 6.45) is 2.29. The molecule has 2 amide bonds. The van der Waals surface area contributed by atoms with Crippen LogP contribution in [0.2, 0.25) is 0 Å². The maximum atomic E-state index is 11.8. The maximum Gasteiger partial charge on any atom is 0.315 e. The molecule has 0 aromatic carbocycles. The third kappa shape index (κ3) is 4.43. The molecule has 2 rings (SSSR count). The fourth-order valence-corrected chi connectivity index (χ4v) is 3.91. The van der Waals surface area contributed by atoms with E-state index in [1.54, 1.807) is 18.3 Å². The second-order valence-corrected chi connectivity index (χ2v) is 6.76. The zero-order valence-electron chi connectivity index (χ0n) is 12.7. The number of carbonyl (C=O) groups is 1. The molecule has 21 heavy (non-hydrogen) atoms. The van der Waals surface area contributed by atoms with Crippen LogP contribution in [0.15, 0.2) is 17.5 Å². The number of likely N-dealkylation sites (tertiary alicyclic amines) is 1. The summed E-state index contributed by atoms with van der Waals surface area (Å²) in [5, 5.41) is 16.7. The Balaban J connectivity index is 1.92. The Morgan fingerprint density at radius 1 is 1.62 bits per heavy atom. The van der Waals surface area contributed by atoms with E-state index in [-0.39, 0.29) is 18.7 Å². The standard InChI is InChI=1S/C15H25N3O2S/c1-11(10-19)17-15(20)16-9-12-5-3-7-18(2)14(12)13-6-4-8-21-13/h4,6,8,11-12,14,19H,3,5,7,9-10H2,1-2H3,(H2,16,17,20). The van der Waals surface area contributed by atoms with Crippen molar-refractivity contribution in [2.24, 2.45) is 5.92 Å². The van der Waals surface area contributed by atoms with Crippen molar-refractivity contribution in [3.05, 3.63) is 22.4 Å². The highest BCUT2D eigenvalue weighted by molar-refractivity contribution is 7.10. The summed E-state index contributed by atoms with van der Waals surface area (Å²) in [7, 11) is 2.16. The third-order valence-electron chi connectivity index (χ3n) is 4.02. The van der Waals surface area contributed by atoms with Gasteiger partial charge in [-0.3, -0.25) is 4.90 Å². The van der Waals surface area contributed by atoms with Crippen LogP contribution in [0.4, 0.5) is 4.79 Å². The van der Waals surface area contributed by atoms with Gasteiger partial charge in [-0.15, -0.1) is 11.3 Å². The molecule has 5 nitrogen and oxygen atoms in total. The Morgan fingerprint density at radius 3 is 3.10 bits per heavy atom. The molecule has 0 spiro atoms. The molecule has 1 aliphatic heterocycles. The first-order valence-electron chi connectivity index (χ1n) is 7.50. The summed E-state index contributed by atoms with van der Waals surface area (Å²) in [6.45, 7) is 3.50. The summed E-state index contributed by atoms with van der Waals surface area (Å²) in [5.41, 5.74) is 0. The Morgan fingerprint density at radius 2 is 2.43 bits per heavy atom. The first-order valence-corrected chi connectivity index (χ1v) is 8.38. The average molecular weight is 311 g/mol. The Bertz CT molecular complexity index is 438. The molecule has 1 fully saturated rings. The number of rotatable bonds is 5. The molecule has 118 valence electrons. The summed E-state index contributed by atoms with van der Waals surface area (Å²) in [4.78, 5) is 15.5. The normalized spacial score (nSPS) is 24.5. The molecule has 1 aromatic heterocycles. The molecule has 1 aromatic rings. The molecule has 3 atom stereocenters. The van der Waals surface area contributed by atoms with Gasteiger partial charge in [0.1, 0.15) is 0 Å². The van der Waals surface area contributed by atoms with Gasteiger partial charge in [0, 0.05) is 17.5 Å². The van der Waals surface area contributed by atoms with Crippen molar-refractivity contribution in [3.63, 3.8) is 0 Å². The number of carbonyl (C=O) groups excluding carboxylic acids is 1. The van der Waals surface area contributed by atoms with Gasteiger partial charge < -0.3 is 15.7 Å². The van der Waals surface area contributed by atoms with Crippen molar-refractivity contribution in [2.45, 2.75) is 31.8 Å². The molecule has 3 unspecified atom stereocenters. The van der Waals surface area contributed by atoms with Crippen molar-refractivity contribution in [1.82, 2.24) is 15.5 Å². The number of aliphatic hydroxyl groups excluding tert-OH is 1. The zero-order valence-corrected chi connectivity index (χ0v) is 13.5. The smallest absolute Gasteiger partial charge is 0.315 e. The van der Waals surface area contributed by atoms with E-state index in [1.807, 2.05) is 0 Å². The fraction of sp³-hybridized carbons (Fsp3) is 0.667. The molecule has 1 saturated heterocycles. The van der Waals surface area contributed by atoms with Gasteiger partial charge >= 0.3 is 6.03 Å². The van der Waals surface area contributed by atoms with E-state index < -0.39 is 0 Å². The number of thiophene rings is 1. The highest BCUT2D eigenvalue weighted by Crippen LogP contribution is 2.36. The Kier molecular flexibility index (Phi) is 6.02. The van der Waals surface area contributed by atoms with E-state index in [2.05, 4.69) is 40.1 Å². The van der Waals surface area contributed by atoms with Crippen LogP contribution < -0.4 is 10.6 Å². The van der Waals surface area contributed by atoms with Gasteiger partial charge in [0.2, 0.25) is 0 Å². The molecule has 6 heteroatoms. The second kappa shape index (κ2) is 7.77. The Labute approximate surface area is 130 Å². The minimum Gasteiger partial charge on any atom is -0.394 e. The fourth-order valence-electron chi connectivity index (χ4n) is 2.93. The third-order valence-corrected chi connectivity index (χ3v) is 4.96. The van der Waals surface area contributed by atoms with Gasteiger partial charge in [-0.25, -0.2) is 4.79 Å². The molecule has 0 bridgehead atoms. The maximum absolute atomic E-state index is 11.8. The van der Waals surface area contributed by atoms with Gasteiger partial charge in [0.15, 0.2) is 0 Å². The number of hydrogen-bond donors (Lipinski definition) is 3. The molecule has 1 aliphatic rings. The van der Waals surface area contributed by atoms with Crippen LogP contribution in [0.1, 0.15) is 30.7 Å². The molecule has 0 aliphatic carbocycles. The van der Waals surface area contributed by atoms with Crippen molar-refractivity contribution in [2.75, 3.05) is 26.7 Å². The number of aliphatic hydroxyl groups is 1. The van der Waals surface area contributed by atoms with E-state index in [4.69, 9.17) is 5.11 Å². The minimum atomic E-state index is -0.216. The van der Waals surface area contributed by atoms with Gasteiger partial charge in [-0.05, 0) is 50.7 Å². The molecule has 3 N–H and O–H groups in total. The highest BCUT2D eigenvalue weighted by Gasteiger charge is 2.31. The van der Waals surface area contributed by atoms with Gasteiger partial charge in [0.05, 0.1) is 12.6 Å². The largest absolute Gasteiger partial charge is 0.394 e. The van der Waals surface area contributed by atoms with Crippen LogP contribution in [0.3, 0.4) is 0 Å². The summed E-state index contributed by atoms with van der Waals surface area (Å²) in [5.74, 6) is 0.428. The molecular formula is C15H25N3O2S. The zero-order chi connectivity index (χ0) is 15.2. The molecule has 0 radical (unpaired) electrons. The first kappa shape index (κ1) is 16.3. The minimum absolute atomic E-state index is 0.0442. The second-order valence-electron chi connectivity index (χ2n) is 5.78. The van der Waals surface area contributed by atoms with Crippen LogP contribution in [0, 0.1) is 5.92 Å². The number of amides is 2. The van der Waals surface area contributed by atoms with E-state index in [0.717, 1.165) is 13.0 Å². The highest BCUT2D eigenvalue weighted by atomic mass is 32.1. The van der Waals surface area contributed by atoms with Crippen molar-refractivity contribution in [1.29, 1.82) is 0 Å². The lowest BCUT2D eigenvalue weighted by atomic mass is 9.88. The lowest BCUT2D eigenvalue weighted by Crippen LogP contribution is -2.46. The number of urea groups is 1. The lowest BCUT2D eigenvalue weighted by molar-refractivity contribution is 0.122. The van der Waals surface area contributed by atoms with E-state index in [1.165, 1.54) is 11.3 Å². The van der Waals surface area contributed by atoms with Crippen LogP contribution in [0.5, 0.6) is 0 Å². The van der Waals surface area contributed by atoms with Crippen LogP contribution in [0.25, 0.3) is 0 Å². The van der Waals surface area contributed by atoms with E-state index >= 15 is 0 Å². The molecule has 0 saturated carbocycles. The van der Waals surface area contributed by atoms with Gasteiger partial charge in [-0.1, -0.05) is 6.07 Å². The predicted molar refractivity (Wildman–Crippen MR) is 85.5 cm³/mol. The van der Waals surface area contributed by atoms with Crippen molar-refractivity contribution < 1.29 is 9.90 Å².